The second kappa shape index (κ2) is 11.6. The van der Waals surface area contributed by atoms with E-state index in [4.69, 9.17) is 4.74 Å². The molecule has 0 saturated heterocycles. The molecule has 1 aromatic carbocycles. The van der Waals surface area contributed by atoms with Crippen LogP contribution in [0.1, 0.15) is 53.4 Å². The molecule has 1 aromatic rings. The number of alkyl carbamates (subject to hydrolysis) is 1. The van der Waals surface area contributed by atoms with Crippen LogP contribution >= 0.6 is 11.8 Å². The molecule has 7 heteroatoms. The molecule has 0 fully saturated rings. The van der Waals surface area contributed by atoms with Gasteiger partial charge in [0.15, 0.2) is 5.12 Å². The molecule has 0 aliphatic rings. The van der Waals surface area contributed by atoms with Crippen LogP contribution in [0.2, 0.25) is 0 Å². The third-order valence-electron chi connectivity index (χ3n) is 3.49. The predicted octanol–water partition coefficient (Wildman–Crippen LogP) is 4.36. The van der Waals surface area contributed by atoms with Crippen molar-refractivity contribution in [3.05, 3.63) is 30.3 Å². The van der Waals surface area contributed by atoms with Gasteiger partial charge in [0.1, 0.15) is 11.6 Å². The lowest BCUT2D eigenvalue weighted by Gasteiger charge is -2.23. The molecule has 150 valence electrons. The van der Waals surface area contributed by atoms with Gasteiger partial charge in [-0.25, -0.2) is 4.79 Å². The van der Waals surface area contributed by atoms with Gasteiger partial charge >= 0.3 is 6.09 Å². The number of benzene rings is 1. The molecular formula is C20H30N2O4S. The summed E-state index contributed by atoms with van der Waals surface area (Å²) in [7, 11) is 0. The van der Waals surface area contributed by atoms with Gasteiger partial charge in [-0.3, -0.25) is 9.59 Å². The van der Waals surface area contributed by atoms with Gasteiger partial charge in [0.05, 0.1) is 0 Å². The number of ether oxygens (including phenoxy) is 1. The van der Waals surface area contributed by atoms with Gasteiger partial charge in [0.2, 0.25) is 5.91 Å². The molecule has 0 unspecified atom stereocenters. The third-order valence-corrected chi connectivity index (χ3v) is 4.39. The van der Waals surface area contributed by atoms with Crippen LogP contribution in [0.25, 0.3) is 0 Å². The maximum Gasteiger partial charge on any atom is 0.408 e. The fourth-order valence-corrected chi connectivity index (χ4v) is 2.95. The summed E-state index contributed by atoms with van der Waals surface area (Å²) in [6.45, 7) is 6.88. The average Bonchev–Trinajstić information content (AvgIpc) is 2.55. The second-order valence-electron chi connectivity index (χ2n) is 7.24. The molecule has 0 aliphatic carbocycles. The predicted molar refractivity (Wildman–Crippen MR) is 110 cm³/mol. The fourth-order valence-electron chi connectivity index (χ4n) is 2.31. The number of carbonyl (C=O) groups excluding carboxylic acids is 3. The Morgan fingerprint density at radius 1 is 1.07 bits per heavy atom. The van der Waals surface area contributed by atoms with E-state index in [9.17, 15) is 14.4 Å². The maximum atomic E-state index is 12.6. The Balaban J connectivity index is 2.58. The van der Waals surface area contributed by atoms with E-state index in [1.165, 1.54) is 11.8 Å². The smallest absolute Gasteiger partial charge is 0.408 e. The molecular weight excluding hydrogens is 364 g/mol. The van der Waals surface area contributed by atoms with Gasteiger partial charge in [0.25, 0.3) is 0 Å². The van der Waals surface area contributed by atoms with Gasteiger partial charge in [-0.05, 0) is 45.7 Å². The molecule has 0 bridgehead atoms. The quantitative estimate of drug-likeness (QED) is 0.608. The number of nitrogens with one attached hydrogen (secondary N) is 2. The van der Waals surface area contributed by atoms with Crippen molar-refractivity contribution >= 4 is 34.6 Å². The number of unbranched alkanes of at least 4 members (excludes halogenated alkanes) is 2. The summed E-state index contributed by atoms with van der Waals surface area (Å²) in [5, 5.41) is 5.60. The van der Waals surface area contributed by atoms with Gasteiger partial charge < -0.3 is 15.4 Å². The molecule has 0 saturated carbocycles. The zero-order valence-corrected chi connectivity index (χ0v) is 17.4. The van der Waals surface area contributed by atoms with Crippen molar-refractivity contribution in [1.29, 1.82) is 0 Å². The van der Waals surface area contributed by atoms with E-state index in [-0.39, 0.29) is 11.0 Å². The average molecular weight is 395 g/mol. The molecule has 1 rings (SSSR count). The van der Waals surface area contributed by atoms with Crippen LogP contribution in [0.15, 0.2) is 30.3 Å². The van der Waals surface area contributed by atoms with Crippen molar-refractivity contribution in [3.8, 4) is 0 Å². The molecule has 2 amide bonds. The first-order valence-corrected chi connectivity index (χ1v) is 10.1. The van der Waals surface area contributed by atoms with Crippen molar-refractivity contribution in [2.45, 2.75) is 65.0 Å². The van der Waals surface area contributed by atoms with Crippen LogP contribution in [0.5, 0.6) is 0 Å². The lowest BCUT2D eigenvalue weighted by Crippen LogP contribution is -2.45. The van der Waals surface area contributed by atoms with Crippen LogP contribution in [-0.4, -0.2) is 34.5 Å². The van der Waals surface area contributed by atoms with Crippen LogP contribution in [0.4, 0.5) is 10.5 Å². The van der Waals surface area contributed by atoms with Crippen molar-refractivity contribution in [1.82, 2.24) is 5.32 Å². The Labute approximate surface area is 165 Å². The van der Waals surface area contributed by atoms with E-state index in [2.05, 4.69) is 10.6 Å². The number of para-hydroxylation sites is 1. The summed E-state index contributed by atoms with van der Waals surface area (Å²) in [4.78, 5) is 35.6. The summed E-state index contributed by atoms with van der Waals surface area (Å²) in [5.74, 6) is 0.501. The Hall–Kier alpha value is -2.02. The van der Waals surface area contributed by atoms with E-state index < -0.39 is 17.7 Å². The minimum atomic E-state index is -0.680. The molecule has 0 aliphatic heterocycles. The SMILES string of the molecule is CC(=O)SCCCCC[C@H](NC(=O)OC(C)(C)C)C(=O)Nc1ccccc1. The van der Waals surface area contributed by atoms with Crippen molar-refractivity contribution < 1.29 is 19.1 Å². The van der Waals surface area contributed by atoms with E-state index in [0.717, 1.165) is 25.0 Å². The first kappa shape index (κ1) is 23.0. The van der Waals surface area contributed by atoms with E-state index in [1.54, 1.807) is 39.8 Å². The summed E-state index contributed by atoms with van der Waals surface area (Å²) in [6, 6.07) is 8.44. The van der Waals surface area contributed by atoms with Gasteiger partial charge in [-0.15, -0.1) is 0 Å². The van der Waals surface area contributed by atoms with E-state index >= 15 is 0 Å². The fraction of sp³-hybridized carbons (Fsp3) is 0.550. The monoisotopic (exact) mass is 394 g/mol. The number of rotatable bonds is 9. The Bertz CT molecular complexity index is 614. The van der Waals surface area contributed by atoms with Crippen LogP contribution < -0.4 is 10.6 Å². The highest BCUT2D eigenvalue weighted by atomic mass is 32.2. The molecule has 0 spiro atoms. The first-order chi connectivity index (χ1) is 12.7. The lowest BCUT2D eigenvalue weighted by atomic mass is 10.1. The normalized spacial score (nSPS) is 12.1. The zero-order chi connectivity index (χ0) is 20.3. The number of anilines is 1. The summed E-state index contributed by atoms with van der Waals surface area (Å²) in [5.41, 5.74) is 0.0467. The van der Waals surface area contributed by atoms with Crippen LogP contribution in [0.3, 0.4) is 0 Å². The molecule has 0 aromatic heterocycles. The number of carbonyl (C=O) groups is 3. The van der Waals surface area contributed by atoms with Gasteiger partial charge in [0, 0.05) is 18.4 Å². The van der Waals surface area contributed by atoms with Crippen molar-refractivity contribution in [2.75, 3.05) is 11.1 Å². The minimum Gasteiger partial charge on any atom is -0.444 e. The largest absolute Gasteiger partial charge is 0.444 e. The van der Waals surface area contributed by atoms with Crippen molar-refractivity contribution in [2.24, 2.45) is 0 Å². The van der Waals surface area contributed by atoms with Crippen molar-refractivity contribution in [3.63, 3.8) is 0 Å². The van der Waals surface area contributed by atoms with E-state index in [1.807, 2.05) is 18.2 Å². The topological polar surface area (TPSA) is 84.5 Å². The van der Waals surface area contributed by atoms with Crippen LogP contribution in [0, 0.1) is 0 Å². The first-order valence-electron chi connectivity index (χ1n) is 9.16. The molecule has 27 heavy (non-hydrogen) atoms. The summed E-state index contributed by atoms with van der Waals surface area (Å²) >= 11 is 1.31. The second-order valence-corrected chi connectivity index (χ2v) is 8.52. The van der Waals surface area contributed by atoms with E-state index in [0.29, 0.717) is 12.1 Å². The zero-order valence-electron chi connectivity index (χ0n) is 16.5. The number of hydrogen-bond acceptors (Lipinski definition) is 5. The molecule has 2 N–H and O–H groups in total. The van der Waals surface area contributed by atoms with Gasteiger partial charge in [-0.1, -0.05) is 42.8 Å². The Kier molecular flexibility index (Phi) is 9.93. The molecule has 0 heterocycles. The number of amides is 2. The minimum absolute atomic E-state index is 0.113. The summed E-state index contributed by atoms with van der Waals surface area (Å²) < 4.78 is 5.27. The highest BCUT2D eigenvalue weighted by Crippen LogP contribution is 2.13. The van der Waals surface area contributed by atoms with Gasteiger partial charge in [-0.2, -0.15) is 0 Å². The summed E-state index contributed by atoms with van der Waals surface area (Å²) in [6.07, 6.45) is 2.43. The molecule has 1 atom stereocenters. The van der Waals surface area contributed by atoms with Crippen LogP contribution in [-0.2, 0) is 14.3 Å². The molecule has 6 nitrogen and oxygen atoms in total. The maximum absolute atomic E-state index is 12.6. The Morgan fingerprint density at radius 2 is 1.74 bits per heavy atom. The molecule has 0 radical (unpaired) electrons. The highest BCUT2D eigenvalue weighted by molar-refractivity contribution is 8.13. The number of thioether (sulfide) groups is 1. The Morgan fingerprint density at radius 3 is 2.33 bits per heavy atom. The number of hydrogen-bond donors (Lipinski definition) is 2. The standard InChI is InChI=1S/C20H30N2O4S/c1-15(23)27-14-10-6-9-13-17(22-19(25)26-20(2,3)4)18(24)21-16-11-7-5-8-12-16/h5,7-8,11-12,17H,6,9-10,13-14H2,1-4H3,(H,21,24)(H,22,25)/t17-/m0/s1. The highest BCUT2D eigenvalue weighted by Gasteiger charge is 2.24. The lowest BCUT2D eigenvalue weighted by molar-refractivity contribution is -0.118. The third kappa shape index (κ3) is 11.3.